The highest BCUT2D eigenvalue weighted by atomic mass is 31.2. The van der Waals surface area contributed by atoms with Crippen LogP contribution in [-0.4, -0.2) is 74.1 Å². The van der Waals surface area contributed by atoms with E-state index in [0.717, 1.165) is 25.7 Å². The predicted molar refractivity (Wildman–Crippen MR) is 215 cm³/mol. The molecule has 8 nitrogen and oxygen atoms in total. The molecular weight excluding hydrogens is 661 g/mol. The van der Waals surface area contributed by atoms with Gasteiger partial charge in [0.25, 0.3) is 0 Å². The largest absolute Gasteiger partial charge is 0.472 e. The van der Waals surface area contributed by atoms with Crippen molar-refractivity contribution in [3.8, 4) is 0 Å². The molecule has 302 valence electrons. The van der Waals surface area contributed by atoms with Gasteiger partial charge in [0.05, 0.1) is 27.7 Å². The van der Waals surface area contributed by atoms with E-state index in [1.807, 2.05) is 21.1 Å². The Kier molecular flexibility index (Phi) is 35.3. The van der Waals surface area contributed by atoms with Crippen LogP contribution in [0.4, 0.5) is 0 Å². The predicted octanol–water partition coefficient (Wildman–Crippen LogP) is 11.8. The third-order valence-electron chi connectivity index (χ3n) is 9.21. The highest BCUT2D eigenvalue weighted by Gasteiger charge is 2.24. The summed E-state index contributed by atoms with van der Waals surface area (Å²) >= 11 is 0. The Morgan fingerprint density at radius 3 is 1.45 bits per heavy atom. The molecule has 0 rings (SSSR count). The van der Waals surface area contributed by atoms with Crippen LogP contribution in [0.1, 0.15) is 187 Å². The smallest absolute Gasteiger partial charge is 0.463 e. The van der Waals surface area contributed by atoms with Crippen LogP contribution in [0, 0.1) is 0 Å². The van der Waals surface area contributed by atoms with Crippen LogP contribution in [0.3, 0.4) is 0 Å². The van der Waals surface area contributed by atoms with Gasteiger partial charge in [-0.25, -0.2) is 4.57 Å². The van der Waals surface area contributed by atoms with Crippen molar-refractivity contribution in [1.82, 2.24) is 0 Å². The van der Waals surface area contributed by atoms with E-state index in [1.54, 1.807) is 0 Å². The maximum absolute atomic E-state index is 11.9. The van der Waals surface area contributed by atoms with Gasteiger partial charge in [-0.05, 0) is 38.5 Å². The number of carbonyl (C=O) groups is 1. The van der Waals surface area contributed by atoms with Crippen LogP contribution >= 0.6 is 7.82 Å². The molecular formula is C42H83NO7P+. The molecule has 0 aliphatic rings. The molecule has 9 heteroatoms. The van der Waals surface area contributed by atoms with Crippen molar-refractivity contribution < 1.29 is 37.6 Å². The monoisotopic (exact) mass is 745 g/mol. The van der Waals surface area contributed by atoms with E-state index in [-0.39, 0.29) is 19.2 Å². The molecule has 2 atom stereocenters. The van der Waals surface area contributed by atoms with Crippen molar-refractivity contribution >= 4 is 13.8 Å². The van der Waals surface area contributed by atoms with Crippen LogP contribution < -0.4 is 0 Å². The normalized spacial score (nSPS) is 14.1. The number of likely N-dealkylation sites (N-methyl/N-ethyl adjacent to an activating group) is 1. The van der Waals surface area contributed by atoms with Gasteiger partial charge in [-0.2, -0.15) is 0 Å². The number of hydrogen-bond acceptors (Lipinski definition) is 6. The van der Waals surface area contributed by atoms with Gasteiger partial charge in [0.1, 0.15) is 25.9 Å². The number of phosphoric acid groups is 1. The number of ether oxygens (including phenoxy) is 1. The Balaban J connectivity index is 3.36. The molecule has 0 saturated heterocycles. The van der Waals surface area contributed by atoms with E-state index >= 15 is 0 Å². The Bertz CT molecular complexity index is 874. The number of quaternary nitrogens is 1. The molecule has 0 aromatic heterocycles. The average Bonchev–Trinajstić information content (AvgIpc) is 3.08. The van der Waals surface area contributed by atoms with Gasteiger partial charge in [0, 0.05) is 6.42 Å². The molecule has 2 N–H and O–H groups in total. The van der Waals surface area contributed by atoms with Crippen molar-refractivity contribution in [2.75, 3.05) is 47.5 Å². The van der Waals surface area contributed by atoms with Gasteiger partial charge in [-0.3, -0.25) is 13.8 Å². The summed E-state index contributed by atoms with van der Waals surface area (Å²) in [6, 6.07) is 0. The number of aliphatic hydroxyl groups is 1. The lowest BCUT2D eigenvalue weighted by molar-refractivity contribution is -0.870. The average molecular weight is 745 g/mol. The Morgan fingerprint density at radius 1 is 0.608 bits per heavy atom. The molecule has 2 unspecified atom stereocenters. The quantitative estimate of drug-likeness (QED) is 0.0212. The summed E-state index contributed by atoms with van der Waals surface area (Å²) in [5, 5.41) is 9.91. The van der Waals surface area contributed by atoms with Gasteiger partial charge in [0.15, 0.2) is 0 Å². The molecule has 0 aliphatic heterocycles. The Morgan fingerprint density at radius 2 is 1.02 bits per heavy atom. The van der Waals surface area contributed by atoms with Crippen molar-refractivity contribution in [2.24, 2.45) is 0 Å². The summed E-state index contributed by atoms with van der Waals surface area (Å²) in [6.07, 6.45) is 43.7. The van der Waals surface area contributed by atoms with Crippen LogP contribution in [-0.2, 0) is 23.1 Å². The second-order valence-electron chi connectivity index (χ2n) is 15.6. The fourth-order valence-corrected chi connectivity index (χ4v) is 6.61. The van der Waals surface area contributed by atoms with Gasteiger partial charge >= 0.3 is 13.8 Å². The summed E-state index contributed by atoms with van der Waals surface area (Å²) in [4.78, 5) is 21.6. The molecule has 0 aromatic rings. The SMILES string of the molecule is CCCCCCC/C=C\C/C=C\CCCCCCCCCCCCCCCCCCCCCC(=O)OCC(O)COP(=O)(O)OCC[N+](C)(C)C. The second-order valence-corrected chi connectivity index (χ2v) is 17.0. The number of unbranched alkanes of at least 4 members (excludes halogenated alkanes) is 24. The Hall–Kier alpha value is -1.02. The van der Waals surface area contributed by atoms with E-state index in [1.165, 1.54) is 148 Å². The number of phosphoric ester groups is 1. The van der Waals surface area contributed by atoms with E-state index in [2.05, 4.69) is 31.2 Å². The molecule has 0 bridgehead atoms. The topological polar surface area (TPSA) is 102 Å². The molecule has 0 saturated carbocycles. The van der Waals surface area contributed by atoms with E-state index in [9.17, 15) is 19.4 Å². The minimum Gasteiger partial charge on any atom is -0.463 e. The number of hydrogen-bond donors (Lipinski definition) is 2. The minimum absolute atomic E-state index is 0.0558. The van der Waals surface area contributed by atoms with Gasteiger partial charge in [-0.15, -0.1) is 0 Å². The summed E-state index contributed by atoms with van der Waals surface area (Å²) < 4.78 is 27.2. The Labute approximate surface area is 315 Å². The first-order valence-corrected chi connectivity index (χ1v) is 22.6. The summed E-state index contributed by atoms with van der Waals surface area (Å²) in [7, 11) is 1.57. The lowest BCUT2D eigenvalue weighted by atomic mass is 10.0. The number of aliphatic hydroxyl groups excluding tert-OH is 1. The second kappa shape index (κ2) is 36.0. The van der Waals surface area contributed by atoms with Crippen molar-refractivity contribution in [2.45, 2.75) is 193 Å². The fourth-order valence-electron chi connectivity index (χ4n) is 5.87. The lowest BCUT2D eigenvalue weighted by Gasteiger charge is -2.24. The molecule has 0 heterocycles. The zero-order valence-corrected chi connectivity index (χ0v) is 34.7. The standard InChI is InChI=1S/C42H82NO7P/c1-5-6-7-8-9-10-11-12-13-14-15-16-17-18-19-20-21-22-23-24-25-26-27-28-29-30-31-32-33-34-35-36-42(45)48-39-41(44)40-50-51(46,47)49-38-37-43(2,3)4/h11-12,14-15,41,44H,5-10,13,16-40H2,1-4H3/p+1/b12-11-,15-14-. The molecule has 0 aromatic carbocycles. The third kappa shape index (κ3) is 41.6. The number of nitrogens with zero attached hydrogens (tertiary/aromatic N) is 1. The fraction of sp³-hybridized carbons (Fsp3) is 0.881. The van der Waals surface area contributed by atoms with Crippen LogP contribution in [0.2, 0.25) is 0 Å². The van der Waals surface area contributed by atoms with E-state index in [4.69, 9.17) is 13.8 Å². The highest BCUT2D eigenvalue weighted by Crippen LogP contribution is 2.43. The lowest BCUT2D eigenvalue weighted by Crippen LogP contribution is -2.37. The van der Waals surface area contributed by atoms with Crippen molar-refractivity contribution in [3.63, 3.8) is 0 Å². The number of rotatable bonds is 39. The first-order chi connectivity index (χ1) is 24.6. The molecule has 0 fully saturated rings. The van der Waals surface area contributed by atoms with Gasteiger partial charge in [0.2, 0.25) is 0 Å². The minimum atomic E-state index is -4.25. The van der Waals surface area contributed by atoms with Gasteiger partial charge in [-0.1, -0.05) is 166 Å². The molecule has 0 amide bonds. The van der Waals surface area contributed by atoms with Crippen molar-refractivity contribution in [1.29, 1.82) is 0 Å². The highest BCUT2D eigenvalue weighted by molar-refractivity contribution is 7.47. The molecule has 51 heavy (non-hydrogen) atoms. The van der Waals surface area contributed by atoms with Gasteiger partial charge < -0.3 is 19.2 Å². The number of allylic oxidation sites excluding steroid dienone is 4. The summed E-state index contributed by atoms with van der Waals surface area (Å²) in [5.74, 6) is -0.368. The van der Waals surface area contributed by atoms with Crippen LogP contribution in [0.25, 0.3) is 0 Å². The maximum atomic E-state index is 11.9. The maximum Gasteiger partial charge on any atom is 0.472 e. The number of carbonyl (C=O) groups excluding carboxylic acids is 1. The van der Waals surface area contributed by atoms with E-state index < -0.39 is 20.5 Å². The zero-order valence-electron chi connectivity index (χ0n) is 33.8. The molecule has 0 radical (unpaired) electrons. The molecule has 0 aliphatic carbocycles. The van der Waals surface area contributed by atoms with Crippen molar-refractivity contribution in [3.05, 3.63) is 24.3 Å². The summed E-state index contributed by atoms with van der Waals surface area (Å²) in [5.41, 5.74) is 0. The van der Waals surface area contributed by atoms with Crippen LogP contribution in [0.5, 0.6) is 0 Å². The third-order valence-corrected chi connectivity index (χ3v) is 10.2. The first-order valence-electron chi connectivity index (χ1n) is 21.1. The first kappa shape index (κ1) is 50.0. The number of esters is 1. The summed E-state index contributed by atoms with van der Waals surface area (Å²) in [6.45, 7) is 2.15. The van der Waals surface area contributed by atoms with E-state index in [0.29, 0.717) is 17.4 Å². The molecule has 0 spiro atoms. The zero-order chi connectivity index (χ0) is 37.7. The van der Waals surface area contributed by atoms with Crippen LogP contribution in [0.15, 0.2) is 24.3 Å².